The number of nitrogens with two attached hydrogens (primary N) is 1. The number of carbonyl (C=O) groups is 2. The summed E-state index contributed by atoms with van der Waals surface area (Å²) in [4.78, 5) is 26.4. The van der Waals surface area contributed by atoms with E-state index in [-0.39, 0.29) is 61.3 Å². The van der Waals surface area contributed by atoms with E-state index in [9.17, 15) is 9.59 Å². The van der Waals surface area contributed by atoms with Gasteiger partial charge in [0, 0.05) is 73.9 Å². The molecule has 1 radical (unpaired) electrons. The van der Waals surface area contributed by atoms with Crippen molar-refractivity contribution in [1.82, 2.24) is 4.90 Å². The van der Waals surface area contributed by atoms with Gasteiger partial charge < -0.3 is 20.8 Å². The first kappa shape index (κ1) is 28.7. The van der Waals surface area contributed by atoms with Gasteiger partial charge in [0.1, 0.15) is 11.6 Å². The topological polar surface area (TPSA) is 128 Å². The van der Waals surface area contributed by atoms with Crippen LogP contribution in [0.4, 0.5) is 0 Å². The molecular formula is C23H27AcN3O4. The van der Waals surface area contributed by atoms with Crippen LogP contribution in [-0.4, -0.2) is 41.2 Å². The van der Waals surface area contributed by atoms with E-state index in [1.807, 2.05) is 6.92 Å². The van der Waals surface area contributed by atoms with Gasteiger partial charge in [-0.1, -0.05) is 18.2 Å². The molecular weight excluding hydrogens is 609 g/mol. The number of benzene rings is 2. The predicted octanol–water partition coefficient (Wildman–Crippen LogP) is 2.80. The molecule has 0 aromatic heterocycles. The van der Waals surface area contributed by atoms with Gasteiger partial charge >= 0.3 is 5.97 Å². The molecule has 0 fully saturated rings. The van der Waals surface area contributed by atoms with Crippen LogP contribution in [0.5, 0.6) is 5.75 Å². The molecule has 0 aliphatic carbocycles. The number of nitrogen functional groups attached to an aromatic ring is 1. The summed E-state index contributed by atoms with van der Waals surface area (Å²) in [5, 5.41) is 7.37. The van der Waals surface area contributed by atoms with Crippen LogP contribution >= 0.6 is 0 Å². The fourth-order valence-electron chi connectivity index (χ4n) is 2.61. The summed E-state index contributed by atoms with van der Waals surface area (Å²) in [6, 6.07) is 13.5. The Balaban J connectivity index is 0.00000450. The van der Waals surface area contributed by atoms with E-state index in [2.05, 4.69) is 6.58 Å². The SMILES string of the molecule is C=CCN(CC)C(=O)c1ccc(/C=C(\C)C(=O)Oc2ccc(C(=N)N)cc2)cc1.O.[Ac]. The molecule has 2 rings (SSSR count). The molecule has 8 heteroatoms. The minimum atomic E-state index is -0.483. The summed E-state index contributed by atoms with van der Waals surface area (Å²) < 4.78 is 5.33. The van der Waals surface area contributed by atoms with Gasteiger partial charge in [-0.2, -0.15) is 0 Å². The second kappa shape index (κ2) is 13.9. The van der Waals surface area contributed by atoms with Gasteiger partial charge in [-0.15, -0.1) is 6.58 Å². The molecule has 31 heavy (non-hydrogen) atoms. The third-order valence-electron chi connectivity index (χ3n) is 4.26. The molecule has 0 spiro atoms. The summed E-state index contributed by atoms with van der Waals surface area (Å²) in [6.45, 7) is 8.35. The van der Waals surface area contributed by atoms with Crippen LogP contribution < -0.4 is 10.5 Å². The molecule has 0 aliphatic heterocycles. The number of nitrogens with one attached hydrogen (secondary N) is 1. The van der Waals surface area contributed by atoms with E-state index in [4.69, 9.17) is 15.9 Å². The number of carbonyl (C=O) groups excluding carboxylic acids is 2. The summed E-state index contributed by atoms with van der Waals surface area (Å²) in [6.07, 6.45) is 3.39. The second-order valence-electron chi connectivity index (χ2n) is 6.41. The van der Waals surface area contributed by atoms with Gasteiger partial charge in [0.05, 0.1) is 0 Å². The van der Waals surface area contributed by atoms with Crippen molar-refractivity contribution in [1.29, 1.82) is 5.41 Å². The van der Waals surface area contributed by atoms with E-state index < -0.39 is 5.97 Å². The summed E-state index contributed by atoms with van der Waals surface area (Å²) in [5.74, 6) is -0.222. The minimum absolute atomic E-state index is 0. The number of amides is 1. The van der Waals surface area contributed by atoms with Crippen molar-refractivity contribution < 1.29 is 63.9 Å². The molecule has 0 saturated heterocycles. The van der Waals surface area contributed by atoms with Crippen molar-refractivity contribution >= 4 is 23.8 Å². The zero-order chi connectivity index (χ0) is 21.4. The van der Waals surface area contributed by atoms with E-state index >= 15 is 0 Å². The quantitative estimate of drug-likeness (QED) is 0.115. The zero-order valence-electron chi connectivity index (χ0n) is 17.7. The number of amidine groups is 1. The molecule has 0 aliphatic rings. The van der Waals surface area contributed by atoms with Gasteiger partial charge in [0.25, 0.3) is 5.91 Å². The molecule has 2 aromatic carbocycles. The Morgan fingerprint density at radius 3 is 2.13 bits per heavy atom. The van der Waals surface area contributed by atoms with Crippen molar-refractivity contribution in [2.45, 2.75) is 13.8 Å². The van der Waals surface area contributed by atoms with Crippen molar-refractivity contribution in [2.24, 2.45) is 5.73 Å². The van der Waals surface area contributed by atoms with Crippen LogP contribution in [0.2, 0.25) is 0 Å². The van der Waals surface area contributed by atoms with Crippen LogP contribution in [0.1, 0.15) is 35.3 Å². The first-order valence-electron chi connectivity index (χ1n) is 9.20. The molecule has 0 saturated carbocycles. The first-order chi connectivity index (χ1) is 13.8. The summed E-state index contributed by atoms with van der Waals surface area (Å²) in [5.41, 5.74) is 7.75. The van der Waals surface area contributed by atoms with E-state index in [0.29, 0.717) is 35.5 Å². The number of likely N-dealkylation sites (N-methyl/N-ethyl adjacent to an activating group) is 1. The number of hydrogen-bond donors (Lipinski definition) is 2. The van der Waals surface area contributed by atoms with E-state index in [0.717, 1.165) is 5.56 Å². The predicted molar refractivity (Wildman–Crippen MR) is 119 cm³/mol. The van der Waals surface area contributed by atoms with Crippen molar-refractivity contribution in [3.8, 4) is 5.75 Å². The maximum absolute atomic E-state index is 12.4. The van der Waals surface area contributed by atoms with Gasteiger partial charge in [-0.05, 0) is 61.9 Å². The van der Waals surface area contributed by atoms with Gasteiger partial charge in [-0.3, -0.25) is 10.2 Å². The maximum atomic E-state index is 12.4. The number of nitrogens with zero attached hydrogens (tertiary/aromatic N) is 1. The molecule has 7 nitrogen and oxygen atoms in total. The smallest absolute Gasteiger partial charge is 0.339 e. The molecule has 0 atom stereocenters. The normalized spacial score (nSPS) is 10.2. The third-order valence-corrected chi connectivity index (χ3v) is 4.26. The molecule has 0 heterocycles. The Labute approximate surface area is 218 Å². The van der Waals surface area contributed by atoms with Crippen LogP contribution in [0.3, 0.4) is 0 Å². The first-order valence-corrected chi connectivity index (χ1v) is 9.20. The Morgan fingerprint density at radius 1 is 1.10 bits per heavy atom. The standard InChI is InChI=1S/C23H25N3O3.Ac.H2O/c1-4-14-26(5-2)22(27)19-8-6-17(7-9-19)15-16(3)23(28)29-20-12-10-18(11-13-20)21(24)25;;/h4,6-13,15H,1,5,14H2,2-3H3,(H3,24,25);;1H2/b16-15+;;. The van der Waals surface area contributed by atoms with Crippen molar-refractivity contribution in [3.63, 3.8) is 0 Å². The van der Waals surface area contributed by atoms with Crippen LogP contribution in [0.25, 0.3) is 6.08 Å². The Bertz CT molecular complexity index is 938. The largest absolute Gasteiger partial charge is 0.423 e. The number of rotatable bonds is 8. The van der Waals surface area contributed by atoms with Crippen LogP contribution in [0.15, 0.2) is 66.8 Å². The second-order valence-corrected chi connectivity index (χ2v) is 6.41. The van der Waals surface area contributed by atoms with E-state index in [1.165, 1.54) is 0 Å². The molecule has 161 valence electrons. The zero-order valence-corrected chi connectivity index (χ0v) is 22.5. The Morgan fingerprint density at radius 2 is 1.65 bits per heavy atom. The average molecular weight is 636 g/mol. The van der Waals surface area contributed by atoms with Crippen molar-refractivity contribution in [2.75, 3.05) is 13.1 Å². The average Bonchev–Trinajstić information content (AvgIpc) is 2.72. The number of esters is 1. The van der Waals surface area contributed by atoms with Gasteiger partial charge in [0.15, 0.2) is 0 Å². The van der Waals surface area contributed by atoms with Crippen molar-refractivity contribution in [3.05, 3.63) is 83.4 Å². The van der Waals surface area contributed by atoms with Crippen LogP contribution in [-0.2, 0) is 4.79 Å². The monoisotopic (exact) mass is 636 g/mol. The fraction of sp³-hybridized carbons (Fsp3) is 0.174. The van der Waals surface area contributed by atoms with Crippen LogP contribution in [0, 0.1) is 49.5 Å². The molecule has 2 aromatic rings. The third kappa shape index (κ3) is 8.41. The molecule has 1 amide bonds. The minimum Gasteiger partial charge on any atom is -0.423 e. The van der Waals surface area contributed by atoms with Gasteiger partial charge in [0.2, 0.25) is 0 Å². The number of ether oxygens (including phenoxy) is 1. The van der Waals surface area contributed by atoms with E-state index in [1.54, 1.807) is 72.5 Å². The molecule has 0 bridgehead atoms. The van der Waals surface area contributed by atoms with Gasteiger partial charge in [-0.25, -0.2) is 4.79 Å². The molecule has 5 N–H and O–H groups in total. The maximum Gasteiger partial charge on any atom is 0.339 e. The Kier molecular flexibility index (Phi) is 12.9. The summed E-state index contributed by atoms with van der Waals surface area (Å²) in [7, 11) is 0. The Hall–Kier alpha value is -2.27. The molecule has 0 unspecified atom stereocenters. The number of hydrogen-bond acceptors (Lipinski definition) is 4. The fourth-order valence-corrected chi connectivity index (χ4v) is 2.61. The summed E-state index contributed by atoms with van der Waals surface area (Å²) >= 11 is 0.